The number of amides is 2. The molecule has 6 nitrogen and oxygen atoms in total. The molecule has 1 fully saturated rings. The number of carbonyl (C=O) groups excluding carboxylic acids is 2. The van der Waals surface area contributed by atoms with E-state index in [4.69, 9.17) is 5.11 Å². The largest absolute Gasteiger partial charge is 0.481 e. The number of carboxylic acids is 1. The van der Waals surface area contributed by atoms with E-state index >= 15 is 0 Å². The van der Waals surface area contributed by atoms with Crippen molar-refractivity contribution in [3.63, 3.8) is 0 Å². The SMILES string of the molecule is CSc1ccc(N2CC(C(=O)NC(C)(CC(=O)O)C(C)C)CC2=O)cc1. The van der Waals surface area contributed by atoms with Crippen LogP contribution in [0.4, 0.5) is 5.69 Å². The van der Waals surface area contributed by atoms with Gasteiger partial charge >= 0.3 is 5.97 Å². The number of benzene rings is 1. The number of aliphatic carboxylic acids is 1. The third kappa shape index (κ3) is 4.58. The van der Waals surface area contributed by atoms with Gasteiger partial charge < -0.3 is 15.3 Å². The number of thioether (sulfide) groups is 1. The Morgan fingerprint density at radius 1 is 1.35 bits per heavy atom. The molecule has 1 aliphatic rings. The molecule has 0 spiro atoms. The van der Waals surface area contributed by atoms with Crippen molar-refractivity contribution in [1.29, 1.82) is 0 Å². The lowest BCUT2D eigenvalue weighted by Crippen LogP contribution is -2.53. The Morgan fingerprint density at radius 3 is 2.46 bits per heavy atom. The standard InChI is InChI=1S/C19H26N2O4S/c1-12(2)19(3,10-17(23)24)20-18(25)13-9-16(22)21(11-13)14-5-7-15(26-4)8-6-14/h5-8,12-13H,9-11H2,1-4H3,(H,20,25)(H,23,24). The van der Waals surface area contributed by atoms with E-state index in [9.17, 15) is 14.4 Å². The Morgan fingerprint density at radius 2 is 1.96 bits per heavy atom. The van der Waals surface area contributed by atoms with Gasteiger partial charge in [-0.2, -0.15) is 0 Å². The second-order valence-corrected chi connectivity index (χ2v) is 8.12. The number of anilines is 1. The molecule has 1 saturated heterocycles. The van der Waals surface area contributed by atoms with Crippen molar-refractivity contribution in [1.82, 2.24) is 5.32 Å². The van der Waals surface area contributed by atoms with Crippen molar-refractivity contribution in [2.75, 3.05) is 17.7 Å². The number of carboxylic acid groups (broad SMARTS) is 1. The Bertz CT molecular complexity index is 689. The first-order valence-electron chi connectivity index (χ1n) is 8.64. The van der Waals surface area contributed by atoms with Crippen molar-refractivity contribution in [3.05, 3.63) is 24.3 Å². The molecular formula is C19H26N2O4S. The fraction of sp³-hybridized carbons (Fsp3) is 0.526. The molecule has 2 N–H and O–H groups in total. The van der Waals surface area contributed by atoms with Crippen molar-refractivity contribution < 1.29 is 19.5 Å². The predicted molar refractivity (Wildman–Crippen MR) is 102 cm³/mol. The van der Waals surface area contributed by atoms with Gasteiger partial charge in [0.15, 0.2) is 0 Å². The zero-order chi connectivity index (χ0) is 19.5. The molecule has 1 aromatic rings. The molecule has 2 rings (SSSR count). The second kappa shape index (κ2) is 8.12. The lowest BCUT2D eigenvalue weighted by Gasteiger charge is -2.34. The Hall–Kier alpha value is -2.02. The predicted octanol–water partition coefficient (Wildman–Crippen LogP) is 2.77. The molecule has 142 valence electrons. The molecular weight excluding hydrogens is 352 g/mol. The summed E-state index contributed by atoms with van der Waals surface area (Å²) in [6.07, 6.45) is 1.97. The minimum Gasteiger partial charge on any atom is -0.481 e. The molecule has 2 atom stereocenters. The van der Waals surface area contributed by atoms with Gasteiger partial charge in [-0.1, -0.05) is 13.8 Å². The van der Waals surface area contributed by atoms with Gasteiger partial charge in [-0.15, -0.1) is 11.8 Å². The minimum absolute atomic E-state index is 0.0464. The van der Waals surface area contributed by atoms with Crippen LogP contribution in [0, 0.1) is 11.8 Å². The summed E-state index contributed by atoms with van der Waals surface area (Å²) in [5, 5.41) is 12.0. The highest BCUT2D eigenvalue weighted by atomic mass is 32.2. The number of nitrogens with zero attached hydrogens (tertiary/aromatic N) is 1. The molecule has 0 aliphatic carbocycles. The van der Waals surface area contributed by atoms with E-state index < -0.39 is 17.4 Å². The monoisotopic (exact) mass is 378 g/mol. The average Bonchev–Trinajstić information content (AvgIpc) is 2.96. The second-order valence-electron chi connectivity index (χ2n) is 7.24. The van der Waals surface area contributed by atoms with Gasteiger partial charge in [0, 0.05) is 29.1 Å². The van der Waals surface area contributed by atoms with Crippen molar-refractivity contribution >= 4 is 35.2 Å². The lowest BCUT2D eigenvalue weighted by molar-refractivity contribution is -0.140. The van der Waals surface area contributed by atoms with Crippen LogP contribution in [0.25, 0.3) is 0 Å². The molecule has 2 unspecified atom stereocenters. The van der Waals surface area contributed by atoms with E-state index in [1.54, 1.807) is 23.6 Å². The molecule has 0 bridgehead atoms. The molecule has 0 radical (unpaired) electrons. The van der Waals surface area contributed by atoms with Crippen LogP contribution in [0.15, 0.2) is 29.2 Å². The van der Waals surface area contributed by atoms with Crippen LogP contribution in [-0.4, -0.2) is 41.2 Å². The van der Waals surface area contributed by atoms with Gasteiger partial charge in [0.1, 0.15) is 0 Å². The van der Waals surface area contributed by atoms with Crippen LogP contribution in [-0.2, 0) is 14.4 Å². The summed E-state index contributed by atoms with van der Waals surface area (Å²) in [4.78, 5) is 38.9. The summed E-state index contributed by atoms with van der Waals surface area (Å²) in [6, 6.07) is 7.66. The maximum atomic E-state index is 12.7. The zero-order valence-electron chi connectivity index (χ0n) is 15.6. The highest BCUT2D eigenvalue weighted by molar-refractivity contribution is 7.98. The van der Waals surface area contributed by atoms with E-state index in [1.807, 2.05) is 44.4 Å². The number of nitrogens with one attached hydrogen (secondary N) is 1. The van der Waals surface area contributed by atoms with Crippen LogP contribution in [0.2, 0.25) is 0 Å². The van der Waals surface area contributed by atoms with Gasteiger partial charge in [0.2, 0.25) is 11.8 Å². The Balaban J connectivity index is 2.08. The van der Waals surface area contributed by atoms with Gasteiger partial charge in [-0.05, 0) is 43.4 Å². The van der Waals surface area contributed by atoms with E-state index in [0.29, 0.717) is 6.54 Å². The van der Waals surface area contributed by atoms with Gasteiger partial charge in [0.25, 0.3) is 0 Å². The highest BCUT2D eigenvalue weighted by Crippen LogP contribution is 2.28. The molecule has 1 heterocycles. The smallest absolute Gasteiger partial charge is 0.305 e. The first-order valence-corrected chi connectivity index (χ1v) is 9.87. The summed E-state index contributed by atoms with van der Waals surface area (Å²) >= 11 is 1.62. The minimum atomic E-state index is -0.959. The number of hydrogen-bond acceptors (Lipinski definition) is 4. The van der Waals surface area contributed by atoms with Crippen molar-refractivity contribution in [2.24, 2.45) is 11.8 Å². The zero-order valence-corrected chi connectivity index (χ0v) is 16.4. The number of rotatable bonds is 7. The van der Waals surface area contributed by atoms with Gasteiger partial charge in [-0.25, -0.2) is 0 Å². The van der Waals surface area contributed by atoms with E-state index in [0.717, 1.165) is 10.6 Å². The summed E-state index contributed by atoms with van der Waals surface area (Å²) in [6.45, 7) is 5.80. The maximum Gasteiger partial charge on any atom is 0.305 e. The van der Waals surface area contributed by atoms with Crippen LogP contribution in [0.5, 0.6) is 0 Å². The fourth-order valence-corrected chi connectivity index (χ4v) is 3.39. The van der Waals surface area contributed by atoms with Crippen LogP contribution >= 0.6 is 11.8 Å². The van der Waals surface area contributed by atoms with Crippen LogP contribution < -0.4 is 10.2 Å². The lowest BCUT2D eigenvalue weighted by atomic mass is 9.84. The van der Waals surface area contributed by atoms with Crippen LogP contribution in [0.1, 0.15) is 33.6 Å². The normalized spacial score (nSPS) is 19.5. The number of hydrogen-bond donors (Lipinski definition) is 2. The van der Waals surface area contributed by atoms with E-state index in [1.165, 1.54) is 0 Å². The van der Waals surface area contributed by atoms with E-state index in [2.05, 4.69) is 5.32 Å². The molecule has 1 aliphatic heterocycles. The van der Waals surface area contributed by atoms with Crippen molar-refractivity contribution in [3.8, 4) is 0 Å². The van der Waals surface area contributed by atoms with E-state index in [-0.39, 0.29) is 30.6 Å². The fourth-order valence-electron chi connectivity index (χ4n) is 2.99. The molecule has 26 heavy (non-hydrogen) atoms. The Labute approximate surface area is 158 Å². The number of carbonyl (C=O) groups is 3. The highest BCUT2D eigenvalue weighted by Gasteiger charge is 2.39. The van der Waals surface area contributed by atoms with Gasteiger partial charge in [-0.3, -0.25) is 14.4 Å². The summed E-state index contributed by atoms with van der Waals surface area (Å²) in [7, 11) is 0. The first kappa shape index (κ1) is 20.3. The third-order valence-electron chi connectivity index (χ3n) is 5.08. The quantitative estimate of drug-likeness (QED) is 0.713. The molecule has 0 aromatic heterocycles. The summed E-state index contributed by atoms with van der Waals surface area (Å²) < 4.78 is 0. The van der Waals surface area contributed by atoms with Crippen molar-refractivity contribution in [2.45, 2.75) is 44.0 Å². The molecule has 0 saturated carbocycles. The third-order valence-corrected chi connectivity index (χ3v) is 5.82. The molecule has 2 amide bonds. The van der Waals surface area contributed by atoms with Crippen LogP contribution in [0.3, 0.4) is 0 Å². The summed E-state index contributed by atoms with van der Waals surface area (Å²) in [5.74, 6) is -1.84. The maximum absolute atomic E-state index is 12.7. The first-order chi connectivity index (χ1) is 12.2. The average molecular weight is 378 g/mol. The van der Waals surface area contributed by atoms with Gasteiger partial charge in [0.05, 0.1) is 12.3 Å². The topological polar surface area (TPSA) is 86.7 Å². The molecule has 1 aromatic carbocycles. The summed E-state index contributed by atoms with van der Waals surface area (Å²) in [5.41, 5.74) is -0.0698. The molecule has 7 heteroatoms. The Kier molecular flexibility index (Phi) is 6.34.